The Bertz CT molecular complexity index is 526. The molecule has 0 bridgehead atoms. The lowest BCUT2D eigenvalue weighted by atomic mass is 10.1. The lowest BCUT2D eigenvalue weighted by Crippen LogP contribution is -2.35. The number of carboxylic acids is 1. The molecule has 8 heteroatoms. The van der Waals surface area contributed by atoms with Crippen LogP contribution in [0.1, 0.15) is 12.0 Å². The third kappa shape index (κ3) is 2.84. The first-order chi connectivity index (χ1) is 9.29. The van der Waals surface area contributed by atoms with E-state index in [0.717, 1.165) is 29.2 Å². The summed E-state index contributed by atoms with van der Waals surface area (Å²) in [5.41, 5.74) is -0.671. The number of alkyl halides is 3. The molecular weight excluding hydrogens is 279 g/mol. The maximum Gasteiger partial charge on any atom is 0.416 e. The van der Waals surface area contributed by atoms with Gasteiger partial charge in [0.2, 0.25) is 0 Å². The molecule has 1 aromatic rings. The van der Waals surface area contributed by atoms with Crippen molar-refractivity contribution in [3.05, 3.63) is 29.8 Å². The van der Waals surface area contributed by atoms with Crippen molar-refractivity contribution in [1.82, 2.24) is 0 Å². The Kier molecular flexibility index (Phi) is 3.56. The molecule has 0 aromatic heterocycles. The number of anilines is 1. The fourth-order valence-electron chi connectivity index (χ4n) is 1.94. The molecule has 1 aromatic carbocycles. The second-order valence-electron chi connectivity index (χ2n) is 4.24. The van der Waals surface area contributed by atoms with Crippen LogP contribution in [0.2, 0.25) is 0 Å². The largest absolute Gasteiger partial charge is 0.481 e. The van der Waals surface area contributed by atoms with Gasteiger partial charge in [-0.2, -0.15) is 13.2 Å². The highest BCUT2D eigenvalue weighted by Gasteiger charge is 2.36. The predicted molar refractivity (Wildman–Crippen MR) is 61.3 cm³/mol. The summed E-state index contributed by atoms with van der Waals surface area (Å²) >= 11 is 0. The number of rotatable bonds is 3. The van der Waals surface area contributed by atoms with E-state index in [2.05, 4.69) is 0 Å². The molecule has 1 fully saturated rings. The van der Waals surface area contributed by atoms with Crippen LogP contribution < -0.4 is 4.90 Å². The number of carbonyl (C=O) groups excluding carboxylic acids is 1. The molecule has 2 rings (SSSR count). The highest BCUT2D eigenvalue weighted by atomic mass is 19.4. The van der Waals surface area contributed by atoms with Gasteiger partial charge in [0.25, 0.3) is 0 Å². The van der Waals surface area contributed by atoms with E-state index < -0.39 is 29.8 Å². The van der Waals surface area contributed by atoms with Crippen molar-refractivity contribution in [1.29, 1.82) is 0 Å². The fourth-order valence-corrected chi connectivity index (χ4v) is 1.94. The van der Waals surface area contributed by atoms with E-state index in [-0.39, 0.29) is 18.7 Å². The summed E-state index contributed by atoms with van der Waals surface area (Å²) < 4.78 is 42.1. The zero-order valence-corrected chi connectivity index (χ0v) is 10.1. The van der Waals surface area contributed by atoms with E-state index in [1.54, 1.807) is 0 Å². The minimum Gasteiger partial charge on any atom is -0.481 e. The fraction of sp³-hybridized carbons (Fsp3) is 0.333. The van der Waals surface area contributed by atoms with Crippen LogP contribution in [-0.2, 0) is 15.7 Å². The summed E-state index contributed by atoms with van der Waals surface area (Å²) in [6.45, 7) is -0.105. The SMILES string of the molecule is O=C(O)CC1COC(=O)N1c1ccc(C(F)(F)F)cc1. The van der Waals surface area contributed by atoms with E-state index in [1.807, 2.05) is 0 Å². The van der Waals surface area contributed by atoms with Crippen molar-refractivity contribution >= 4 is 17.7 Å². The van der Waals surface area contributed by atoms with E-state index in [0.29, 0.717) is 0 Å². The van der Waals surface area contributed by atoms with Gasteiger partial charge >= 0.3 is 18.2 Å². The molecule has 0 saturated carbocycles. The standard InChI is InChI=1S/C12H10F3NO4/c13-12(14,15)7-1-3-8(4-2-7)16-9(5-10(17)18)6-20-11(16)19/h1-4,9H,5-6H2,(H,17,18). The van der Waals surface area contributed by atoms with Crippen LogP contribution in [-0.4, -0.2) is 29.8 Å². The molecule has 1 aliphatic rings. The molecule has 5 nitrogen and oxygen atoms in total. The first kappa shape index (κ1) is 14.2. The Hall–Kier alpha value is -2.25. The van der Waals surface area contributed by atoms with Gasteiger partial charge in [-0.3, -0.25) is 9.69 Å². The maximum absolute atomic E-state index is 12.4. The molecular formula is C12H10F3NO4. The van der Waals surface area contributed by atoms with Crippen molar-refractivity contribution < 1.29 is 32.6 Å². The van der Waals surface area contributed by atoms with Gasteiger partial charge < -0.3 is 9.84 Å². The first-order valence-electron chi connectivity index (χ1n) is 5.64. The lowest BCUT2D eigenvalue weighted by molar-refractivity contribution is -0.138. The van der Waals surface area contributed by atoms with Crippen LogP contribution in [0.25, 0.3) is 0 Å². The quantitative estimate of drug-likeness (QED) is 0.928. The van der Waals surface area contributed by atoms with Crippen molar-refractivity contribution in [3.63, 3.8) is 0 Å². The Morgan fingerprint density at radius 2 is 1.95 bits per heavy atom. The Labute approximate surface area is 111 Å². The van der Waals surface area contributed by atoms with Crippen LogP contribution in [0.4, 0.5) is 23.7 Å². The van der Waals surface area contributed by atoms with Crippen LogP contribution in [0.15, 0.2) is 24.3 Å². The van der Waals surface area contributed by atoms with E-state index in [1.165, 1.54) is 0 Å². The smallest absolute Gasteiger partial charge is 0.416 e. The number of ether oxygens (including phenoxy) is 1. The summed E-state index contributed by atoms with van der Waals surface area (Å²) in [7, 11) is 0. The van der Waals surface area contributed by atoms with Gasteiger partial charge in [0.1, 0.15) is 6.61 Å². The Morgan fingerprint density at radius 3 is 2.45 bits per heavy atom. The summed E-state index contributed by atoms with van der Waals surface area (Å²) in [6.07, 6.45) is -5.58. The predicted octanol–water partition coefficient (Wildman–Crippen LogP) is 2.51. The van der Waals surface area contributed by atoms with Crippen LogP contribution in [0, 0.1) is 0 Å². The van der Waals surface area contributed by atoms with Crippen molar-refractivity contribution in [2.45, 2.75) is 18.6 Å². The van der Waals surface area contributed by atoms with Gasteiger partial charge in [-0.05, 0) is 24.3 Å². The molecule has 1 heterocycles. The molecule has 1 saturated heterocycles. The summed E-state index contributed by atoms with van der Waals surface area (Å²) in [6, 6.07) is 3.17. The minimum atomic E-state index is -4.47. The molecule has 0 radical (unpaired) electrons. The molecule has 1 amide bonds. The topological polar surface area (TPSA) is 66.8 Å². The monoisotopic (exact) mass is 289 g/mol. The molecule has 1 atom stereocenters. The highest BCUT2D eigenvalue weighted by Crippen LogP contribution is 2.32. The van der Waals surface area contributed by atoms with Gasteiger partial charge in [-0.1, -0.05) is 0 Å². The van der Waals surface area contributed by atoms with E-state index in [4.69, 9.17) is 9.84 Å². The number of hydrogen-bond acceptors (Lipinski definition) is 3. The second-order valence-corrected chi connectivity index (χ2v) is 4.24. The van der Waals surface area contributed by atoms with Crippen molar-refractivity contribution in [2.24, 2.45) is 0 Å². The minimum absolute atomic E-state index is 0.105. The van der Waals surface area contributed by atoms with E-state index >= 15 is 0 Å². The zero-order valence-electron chi connectivity index (χ0n) is 10.1. The lowest BCUT2D eigenvalue weighted by Gasteiger charge is -2.20. The zero-order chi connectivity index (χ0) is 14.9. The third-order valence-corrected chi connectivity index (χ3v) is 2.84. The summed E-state index contributed by atoms with van der Waals surface area (Å²) in [5, 5.41) is 8.73. The number of aliphatic carboxylic acids is 1. The van der Waals surface area contributed by atoms with Crippen LogP contribution in [0.3, 0.4) is 0 Å². The highest BCUT2D eigenvalue weighted by molar-refractivity contribution is 5.91. The molecule has 108 valence electrons. The maximum atomic E-state index is 12.4. The van der Waals surface area contributed by atoms with Crippen LogP contribution >= 0.6 is 0 Å². The van der Waals surface area contributed by atoms with Crippen LogP contribution in [0.5, 0.6) is 0 Å². The number of halogens is 3. The number of amides is 1. The first-order valence-corrected chi connectivity index (χ1v) is 5.64. The normalized spacial score (nSPS) is 19.1. The molecule has 1 unspecified atom stereocenters. The third-order valence-electron chi connectivity index (χ3n) is 2.84. The number of hydrogen-bond donors (Lipinski definition) is 1. The molecule has 0 spiro atoms. The summed E-state index contributed by atoms with van der Waals surface area (Å²) in [5.74, 6) is -1.12. The molecule has 0 aliphatic carbocycles. The van der Waals surface area contributed by atoms with Crippen molar-refractivity contribution in [3.8, 4) is 0 Å². The second kappa shape index (κ2) is 5.03. The Morgan fingerprint density at radius 1 is 1.35 bits per heavy atom. The van der Waals surface area contributed by atoms with Gasteiger partial charge in [-0.15, -0.1) is 0 Å². The van der Waals surface area contributed by atoms with E-state index in [9.17, 15) is 22.8 Å². The average Bonchev–Trinajstić information content (AvgIpc) is 2.69. The Balaban J connectivity index is 2.24. The number of benzene rings is 1. The number of carbonyl (C=O) groups is 2. The van der Waals surface area contributed by atoms with Gasteiger partial charge in [0.15, 0.2) is 0 Å². The molecule has 1 aliphatic heterocycles. The molecule has 1 N–H and O–H groups in total. The number of cyclic esters (lactones) is 1. The van der Waals surface area contributed by atoms with Gasteiger partial charge in [0.05, 0.1) is 18.0 Å². The van der Waals surface area contributed by atoms with Crippen molar-refractivity contribution in [2.75, 3.05) is 11.5 Å². The number of carboxylic acid groups (broad SMARTS) is 1. The average molecular weight is 289 g/mol. The van der Waals surface area contributed by atoms with Gasteiger partial charge in [0, 0.05) is 5.69 Å². The van der Waals surface area contributed by atoms with Gasteiger partial charge in [-0.25, -0.2) is 4.79 Å². The number of nitrogens with zero attached hydrogens (tertiary/aromatic N) is 1. The molecule has 20 heavy (non-hydrogen) atoms. The summed E-state index contributed by atoms with van der Waals surface area (Å²) in [4.78, 5) is 23.3.